The van der Waals surface area contributed by atoms with Crippen LogP contribution in [0.4, 0.5) is 0 Å². The highest BCUT2D eigenvalue weighted by atomic mass is 32.2. The van der Waals surface area contributed by atoms with Crippen LogP contribution in [0.3, 0.4) is 0 Å². The van der Waals surface area contributed by atoms with Crippen LogP contribution in [0.1, 0.15) is 5.56 Å². The van der Waals surface area contributed by atoms with Gasteiger partial charge in [0.15, 0.2) is 9.84 Å². The van der Waals surface area contributed by atoms with Crippen LogP contribution in [-0.4, -0.2) is 30.7 Å². The van der Waals surface area contributed by atoms with Crippen molar-refractivity contribution in [2.75, 3.05) is 12.3 Å². The van der Waals surface area contributed by atoms with Crippen LogP contribution in [0.5, 0.6) is 5.75 Å². The number of allylic oxidation sites excluding steroid dienone is 3. The van der Waals surface area contributed by atoms with Gasteiger partial charge in [-0.25, -0.2) is 8.42 Å². The predicted molar refractivity (Wildman–Crippen MR) is 73.8 cm³/mol. The summed E-state index contributed by atoms with van der Waals surface area (Å²) in [4.78, 5) is 1.93. The maximum Gasteiger partial charge on any atom is 0.175 e. The number of phenols is 1. The fourth-order valence-electron chi connectivity index (χ4n) is 2.23. The number of hydrogen-bond donors (Lipinski definition) is 1. The van der Waals surface area contributed by atoms with E-state index in [2.05, 4.69) is 0 Å². The van der Waals surface area contributed by atoms with Crippen molar-refractivity contribution >= 4 is 15.4 Å². The van der Waals surface area contributed by atoms with Crippen LogP contribution in [0.15, 0.2) is 53.7 Å². The van der Waals surface area contributed by atoms with E-state index in [-0.39, 0.29) is 11.5 Å². The van der Waals surface area contributed by atoms with Gasteiger partial charge in [0.05, 0.1) is 16.9 Å². The van der Waals surface area contributed by atoms with Crippen molar-refractivity contribution in [1.29, 1.82) is 0 Å². The van der Waals surface area contributed by atoms with Gasteiger partial charge in [0.25, 0.3) is 0 Å². The summed E-state index contributed by atoms with van der Waals surface area (Å²) in [6, 6.07) is 6.74. The summed E-state index contributed by atoms with van der Waals surface area (Å²) in [7, 11) is -3.13. The van der Waals surface area contributed by atoms with Gasteiger partial charge in [0.1, 0.15) is 5.75 Å². The van der Waals surface area contributed by atoms with E-state index in [0.717, 1.165) is 11.1 Å². The van der Waals surface area contributed by atoms with Crippen molar-refractivity contribution in [2.45, 2.75) is 0 Å². The summed E-state index contributed by atoms with van der Waals surface area (Å²) < 4.78 is 23.5. The van der Waals surface area contributed by atoms with E-state index < -0.39 is 9.84 Å². The largest absolute Gasteiger partial charge is 0.508 e. The van der Waals surface area contributed by atoms with Crippen LogP contribution in [0, 0.1) is 0 Å². The Kier molecular flexibility index (Phi) is 2.71. The molecule has 0 saturated heterocycles. The molecule has 0 aliphatic carbocycles. The number of hydrogen-bond acceptors (Lipinski definition) is 4. The molecule has 3 rings (SSSR count). The Morgan fingerprint density at radius 2 is 1.89 bits per heavy atom. The van der Waals surface area contributed by atoms with Crippen molar-refractivity contribution in [2.24, 2.45) is 0 Å². The number of sulfone groups is 1. The molecule has 98 valence electrons. The average molecular weight is 275 g/mol. The van der Waals surface area contributed by atoms with Gasteiger partial charge in [-0.15, -0.1) is 0 Å². The zero-order chi connectivity index (χ0) is 13.5. The highest BCUT2D eigenvalue weighted by Crippen LogP contribution is 2.32. The molecule has 2 aliphatic heterocycles. The Labute approximate surface area is 111 Å². The van der Waals surface area contributed by atoms with Crippen LogP contribution >= 0.6 is 0 Å². The Morgan fingerprint density at radius 1 is 1.16 bits per heavy atom. The second-order valence-corrected chi connectivity index (χ2v) is 6.50. The normalized spacial score (nSPS) is 20.5. The van der Waals surface area contributed by atoms with E-state index in [4.69, 9.17) is 0 Å². The lowest BCUT2D eigenvalue weighted by atomic mass is 10.00. The number of benzene rings is 1. The zero-order valence-corrected chi connectivity index (χ0v) is 11.0. The highest BCUT2D eigenvalue weighted by Gasteiger charge is 2.25. The maximum absolute atomic E-state index is 11.7. The van der Waals surface area contributed by atoms with Crippen molar-refractivity contribution < 1.29 is 13.5 Å². The SMILES string of the molecule is O=S1(=O)C=C2C(c3ccc(O)cc3)=CC=CN2CC1. The monoisotopic (exact) mass is 275 g/mol. The predicted octanol–water partition coefficient (Wildman–Crippen LogP) is 1.87. The van der Waals surface area contributed by atoms with Gasteiger partial charge < -0.3 is 10.0 Å². The minimum absolute atomic E-state index is 0.143. The number of aromatic hydroxyl groups is 1. The molecule has 5 heteroatoms. The lowest BCUT2D eigenvalue weighted by molar-refractivity contribution is 0.475. The standard InChI is InChI=1S/C14H13NO3S/c16-12-5-3-11(4-6-12)13-2-1-7-15-8-9-19(17,18)10-14(13)15/h1-7,10,16H,8-9H2. The molecule has 0 fully saturated rings. The second kappa shape index (κ2) is 4.28. The van der Waals surface area contributed by atoms with Crippen LogP contribution in [0.25, 0.3) is 5.57 Å². The third-order valence-electron chi connectivity index (χ3n) is 3.20. The number of nitrogens with zero attached hydrogens (tertiary/aromatic N) is 1. The topological polar surface area (TPSA) is 57.6 Å². The first-order chi connectivity index (χ1) is 9.05. The van der Waals surface area contributed by atoms with Gasteiger partial charge >= 0.3 is 0 Å². The minimum Gasteiger partial charge on any atom is -0.508 e. The van der Waals surface area contributed by atoms with Gasteiger partial charge in [-0.1, -0.05) is 18.2 Å². The molecule has 0 spiro atoms. The summed E-state index contributed by atoms with van der Waals surface area (Å²) in [6.07, 6.45) is 5.66. The summed E-state index contributed by atoms with van der Waals surface area (Å²) in [5, 5.41) is 10.6. The molecule has 19 heavy (non-hydrogen) atoms. The van der Waals surface area contributed by atoms with Crippen molar-refractivity contribution in [3.8, 4) is 5.75 Å². The van der Waals surface area contributed by atoms with Crippen LogP contribution in [-0.2, 0) is 9.84 Å². The summed E-state index contributed by atoms with van der Waals surface area (Å²) in [6.45, 7) is 0.472. The lowest BCUT2D eigenvalue weighted by Gasteiger charge is -2.31. The molecule has 0 aromatic heterocycles. The quantitative estimate of drug-likeness (QED) is 0.850. The third-order valence-corrected chi connectivity index (χ3v) is 4.53. The van der Waals surface area contributed by atoms with E-state index in [1.54, 1.807) is 24.3 Å². The fraction of sp³-hybridized carbons (Fsp3) is 0.143. The highest BCUT2D eigenvalue weighted by molar-refractivity contribution is 7.94. The maximum atomic E-state index is 11.7. The lowest BCUT2D eigenvalue weighted by Crippen LogP contribution is -2.30. The Hall–Kier alpha value is -2.01. The molecule has 0 atom stereocenters. The first-order valence-corrected chi connectivity index (χ1v) is 7.66. The first kappa shape index (κ1) is 12.0. The Morgan fingerprint density at radius 3 is 2.63 bits per heavy atom. The van der Waals surface area contributed by atoms with Crippen molar-refractivity contribution in [1.82, 2.24) is 4.90 Å². The fourth-order valence-corrected chi connectivity index (χ4v) is 3.40. The van der Waals surface area contributed by atoms with E-state index in [1.807, 2.05) is 23.3 Å². The summed E-state index contributed by atoms with van der Waals surface area (Å²) in [5.74, 6) is 0.335. The zero-order valence-electron chi connectivity index (χ0n) is 10.2. The Balaban J connectivity index is 2.10. The van der Waals surface area contributed by atoms with Gasteiger partial charge in [-0.05, 0) is 23.8 Å². The summed E-state index contributed by atoms with van der Waals surface area (Å²) >= 11 is 0. The van der Waals surface area contributed by atoms with Gasteiger partial charge in [-0.2, -0.15) is 0 Å². The van der Waals surface area contributed by atoms with Crippen LogP contribution in [0.2, 0.25) is 0 Å². The number of fused-ring (bicyclic) bond motifs is 1. The number of phenolic OH excluding ortho intramolecular Hbond substituents is 1. The second-order valence-electron chi connectivity index (χ2n) is 4.53. The minimum atomic E-state index is -3.13. The molecule has 0 bridgehead atoms. The van der Waals surface area contributed by atoms with Crippen LogP contribution < -0.4 is 0 Å². The Bertz CT molecular complexity index is 697. The first-order valence-electron chi connectivity index (χ1n) is 5.94. The van der Waals surface area contributed by atoms with Gasteiger partial charge in [0, 0.05) is 18.3 Å². The van der Waals surface area contributed by atoms with Crippen molar-refractivity contribution in [3.05, 3.63) is 59.3 Å². The molecule has 0 amide bonds. The molecular formula is C14H13NO3S. The third kappa shape index (κ3) is 2.29. The molecule has 0 saturated carbocycles. The molecule has 4 nitrogen and oxygen atoms in total. The van der Waals surface area contributed by atoms with Gasteiger partial charge in [-0.3, -0.25) is 0 Å². The molecule has 1 N–H and O–H groups in total. The molecule has 0 unspecified atom stereocenters. The molecule has 2 heterocycles. The molecule has 2 aliphatic rings. The van der Waals surface area contributed by atoms with E-state index in [9.17, 15) is 13.5 Å². The van der Waals surface area contributed by atoms with Gasteiger partial charge in [0.2, 0.25) is 0 Å². The average Bonchev–Trinajstić information content (AvgIpc) is 2.38. The molecular weight excluding hydrogens is 262 g/mol. The molecule has 0 radical (unpaired) electrons. The molecule has 1 aromatic rings. The number of rotatable bonds is 1. The van der Waals surface area contributed by atoms with E-state index >= 15 is 0 Å². The van der Waals surface area contributed by atoms with Crippen molar-refractivity contribution in [3.63, 3.8) is 0 Å². The molecule has 1 aromatic carbocycles. The smallest absolute Gasteiger partial charge is 0.175 e. The van der Waals surface area contributed by atoms with E-state index in [0.29, 0.717) is 12.2 Å². The van der Waals surface area contributed by atoms with E-state index in [1.165, 1.54) is 5.41 Å². The summed E-state index contributed by atoms with van der Waals surface area (Å²) in [5.41, 5.74) is 2.43.